The lowest BCUT2D eigenvalue weighted by Gasteiger charge is -2.16. The van der Waals surface area contributed by atoms with E-state index in [0.29, 0.717) is 6.42 Å². The molecule has 6 nitrogen and oxygen atoms in total. The molecule has 1 amide bonds. The van der Waals surface area contributed by atoms with Crippen molar-refractivity contribution in [2.24, 2.45) is 5.73 Å². The van der Waals surface area contributed by atoms with Crippen LogP contribution in [0.2, 0.25) is 0 Å². The van der Waals surface area contributed by atoms with Gasteiger partial charge >= 0.3 is 0 Å². The standard InChI is InChI=1S/C20H23FN4O2/c1-3-25-19(13(2)11-23-25)15-9-18(27-12-15)20(26)24-17(10-22)8-14-5-4-6-16(21)7-14/h4-7,9,11-12,17H,3,8,10,22H2,1-2H3,(H,24,26)/t17-/m0/s1. The highest BCUT2D eigenvalue weighted by atomic mass is 19.1. The maximum Gasteiger partial charge on any atom is 0.287 e. The van der Waals surface area contributed by atoms with Gasteiger partial charge in [0, 0.05) is 24.7 Å². The highest BCUT2D eigenvalue weighted by molar-refractivity contribution is 5.93. The minimum absolute atomic E-state index is 0.200. The van der Waals surface area contributed by atoms with Crippen molar-refractivity contribution in [1.29, 1.82) is 0 Å². The third-order valence-electron chi connectivity index (χ3n) is 4.41. The molecular formula is C20H23FN4O2. The van der Waals surface area contributed by atoms with E-state index in [1.807, 2.05) is 18.5 Å². The summed E-state index contributed by atoms with van der Waals surface area (Å²) in [6, 6.07) is 7.63. The maximum atomic E-state index is 13.3. The summed E-state index contributed by atoms with van der Waals surface area (Å²) in [5, 5.41) is 7.16. The Balaban J connectivity index is 1.72. The monoisotopic (exact) mass is 370 g/mol. The number of rotatable bonds is 7. The lowest BCUT2D eigenvalue weighted by Crippen LogP contribution is -2.41. The molecule has 0 unspecified atom stereocenters. The van der Waals surface area contributed by atoms with Crippen LogP contribution in [0, 0.1) is 12.7 Å². The second-order valence-corrected chi connectivity index (χ2v) is 6.43. The zero-order valence-electron chi connectivity index (χ0n) is 15.4. The first-order valence-electron chi connectivity index (χ1n) is 8.88. The van der Waals surface area contributed by atoms with Gasteiger partial charge in [0.1, 0.15) is 12.1 Å². The number of nitrogens with two attached hydrogens (primary N) is 1. The van der Waals surface area contributed by atoms with Crippen molar-refractivity contribution in [2.45, 2.75) is 32.9 Å². The van der Waals surface area contributed by atoms with Crippen molar-refractivity contribution >= 4 is 5.91 Å². The number of hydrogen-bond acceptors (Lipinski definition) is 4. The Hall–Kier alpha value is -2.93. The Morgan fingerprint density at radius 3 is 2.93 bits per heavy atom. The molecule has 0 spiro atoms. The van der Waals surface area contributed by atoms with Gasteiger partial charge in [0.25, 0.3) is 5.91 Å². The number of nitrogens with zero attached hydrogens (tertiary/aromatic N) is 2. The number of hydrogen-bond donors (Lipinski definition) is 2. The van der Waals surface area contributed by atoms with Crippen molar-refractivity contribution in [3.05, 3.63) is 65.5 Å². The van der Waals surface area contributed by atoms with Crippen LogP contribution in [0.1, 0.15) is 28.6 Å². The van der Waals surface area contributed by atoms with Crippen molar-refractivity contribution in [2.75, 3.05) is 6.54 Å². The van der Waals surface area contributed by atoms with Gasteiger partial charge in [-0.15, -0.1) is 0 Å². The molecule has 1 atom stereocenters. The third kappa shape index (κ3) is 4.25. The molecule has 0 aliphatic heterocycles. The van der Waals surface area contributed by atoms with Crippen LogP contribution < -0.4 is 11.1 Å². The molecule has 2 heterocycles. The zero-order chi connectivity index (χ0) is 19.4. The second-order valence-electron chi connectivity index (χ2n) is 6.43. The van der Waals surface area contributed by atoms with Gasteiger partial charge in [0.2, 0.25) is 0 Å². The predicted molar refractivity (Wildman–Crippen MR) is 101 cm³/mol. The number of benzene rings is 1. The van der Waals surface area contributed by atoms with Crippen LogP contribution in [-0.4, -0.2) is 28.3 Å². The highest BCUT2D eigenvalue weighted by Gasteiger charge is 2.19. The average molecular weight is 370 g/mol. The molecule has 0 aliphatic carbocycles. The number of amides is 1. The summed E-state index contributed by atoms with van der Waals surface area (Å²) in [7, 11) is 0. The molecule has 0 fully saturated rings. The zero-order valence-corrected chi connectivity index (χ0v) is 15.4. The van der Waals surface area contributed by atoms with Gasteiger partial charge in [-0.25, -0.2) is 4.39 Å². The minimum atomic E-state index is -0.353. The molecule has 2 aromatic heterocycles. The van der Waals surface area contributed by atoms with E-state index in [1.165, 1.54) is 12.1 Å². The second kappa shape index (κ2) is 8.18. The van der Waals surface area contributed by atoms with Crippen LogP contribution in [0.4, 0.5) is 4.39 Å². The predicted octanol–water partition coefficient (Wildman–Crippen LogP) is 2.91. The molecule has 0 saturated carbocycles. The summed E-state index contributed by atoms with van der Waals surface area (Å²) in [5.41, 5.74) is 9.28. The number of carbonyl (C=O) groups is 1. The van der Waals surface area contributed by atoms with E-state index in [4.69, 9.17) is 10.2 Å². The van der Waals surface area contributed by atoms with Gasteiger partial charge in [-0.3, -0.25) is 9.48 Å². The molecule has 7 heteroatoms. The smallest absolute Gasteiger partial charge is 0.287 e. The molecular weight excluding hydrogens is 347 g/mol. The van der Waals surface area contributed by atoms with Gasteiger partial charge in [-0.1, -0.05) is 12.1 Å². The average Bonchev–Trinajstić information content (AvgIpc) is 3.27. The summed E-state index contributed by atoms with van der Waals surface area (Å²) < 4.78 is 20.7. The minimum Gasteiger partial charge on any atom is -0.458 e. The molecule has 0 aliphatic rings. The number of halogens is 1. The SMILES string of the molecule is CCn1ncc(C)c1-c1coc(C(=O)N[C@H](CN)Cc2cccc(F)c2)c1. The fraction of sp³-hybridized carbons (Fsp3) is 0.300. The van der Waals surface area contributed by atoms with E-state index in [-0.39, 0.29) is 30.1 Å². The fourth-order valence-corrected chi connectivity index (χ4v) is 3.07. The first-order chi connectivity index (χ1) is 13.0. The van der Waals surface area contributed by atoms with Crippen molar-refractivity contribution in [3.8, 4) is 11.3 Å². The molecule has 0 saturated heterocycles. The normalized spacial score (nSPS) is 12.1. The number of aryl methyl sites for hydroxylation is 2. The molecule has 3 N–H and O–H groups in total. The van der Waals surface area contributed by atoms with Crippen LogP contribution in [0.25, 0.3) is 11.3 Å². The third-order valence-corrected chi connectivity index (χ3v) is 4.41. The van der Waals surface area contributed by atoms with Gasteiger partial charge in [0.05, 0.1) is 11.9 Å². The summed E-state index contributed by atoms with van der Waals surface area (Å²) in [6.45, 7) is 4.92. The topological polar surface area (TPSA) is 86.1 Å². The highest BCUT2D eigenvalue weighted by Crippen LogP contribution is 2.25. The molecule has 0 radical (unpaired) electrons. The number of nitrogens with one attached hydrogen (secondary N) is 1. The van der Waals surface area contributed by atoms with E-state index < -0.39 is 0 Å². The van der Waals surface area contributed by atoms with Crippen LogP contribution in [0.3, 0.4) is 0 Å². The molecule has 27 heavy (non-hydrogen) atoms. The van der Waals surface area contributed by atoms with Crippen LogP contribution >= 0.6 is 0 Å². The Morgan fingerprint density at radius 2 is 2.22 bits per heavy atom. The van der Waals surface area contributed by atoms with Crippen molar-refractivity contribution < 1.29 is 13.6 Å². The van der Waals surface area contributed by atoms with E-state index in [2.05, 4.69) is 10.4 Å². The number of furan rings is 1. The van der Waals surface area contributed by atoms with Crippen LogP contribution in [0.5, 0.6) is 0 Å². The molecule has 3 aromatic rings. The van der Waals surface area contributed by atoms with Gasteiger partial charge in [0.15, 0.2) is 5.76 Å². The first-order valence-corrected chi connectivity index (χ1v) is 8.88. The molecule has 0 bridgehead atoms. The lowest BCUT2D eigenvalue weighted by atomic mass is 10.1. The largest absolute Gasteiger partial charge is 0.458 e. The fourth-order valence-electron chi connectivity index (χ4n) is 3.07. The number of aromatic nitrogens is 2. The Morgan fingerprint density at radius 1 is 1.41 bits per heavy atom. The van der Waals surface area contributed by atoms with E-state index in [0.717, 1.165) is 28.9 Å². The Labute approximate surface area is 157 Å². The quantitative estimate of drug-likeness (QED) is 0.670. The van der Waals surface area contributed by atoms with Gasteiger partial charge in [-0.05, 0) is 49.6 Å². The Bertz CT molecular complexity index is 932. The molecule has 142 valence electrons. The van der Waals surface area contributed by atoms with Crippen molar-refractivity contribution in [3.63, 3.8) is 0 Å². The van der Waals surface area contributed by atoms with Crippen LogP contribution in [0.15, 0.2) is 47.2 Å². The first kappa shape index (κ1) is 18.8. The summed E-state index contributed by atoms with van der Waals surface area (Å²) in [6.07, 6.45) is 3.78. The lowest BCUT2D eigenvalue weighted by molar-refractivity contribution is 0.0910. The number of carbonyl (C=O) groups excluding carboxylic acids is 1. The molecule has 1 aromatic carbocycles. The van der Waals surface area contributed by atoms with E-state index >= 15 is 0 Å². The maximum absolute atomic E-state index is 13.3. The van der Waals surface area contributed by atoms with Crippen molar-refractivity contribution in [1.82, 2.24) is 15.1 Å². The summed E-state index contributed by atoms with van der Waals surface area (Å²) >= 11 is 0. The Kier molecular flexibility index (Phi) is 5.71. The van der Waals surface area contributed by atoms with Crippen LogP contribution in [-0.2, 0) is 13.0 Å². The van der Waals surface area contributed by atoms with E-state index in [9.17, 15) is 9.18 Å². The van der Waals surface area contributed by atoms with Gasteiger partial charge < -0.3 is 15.5 Å². The summed E-state index contributed by atoms with van der Waals surface area (Å²) in [4.78, 5) is 12.5. The summed E-state index contributed by atoms with van der Waals surface area (Å²) in [5.74, 6) is -0.465. The van der Waals surface area contributed by atoms with E-state index in [1.54, 1.807) is 30.7 Å². The van der Waals surface area contributed by atoms with Gasteiger partial charge in [-0.2, -0.15) is 5.10 Å². The molecule has 3 rings (SSSR count).